The quantitative estimate of drug-likeness (QED) is 0.786. The Morgan fingerprint density at radius 2 is 2.09 bits per heavy atom. The zero-order valence-corrected chi connectivity index (χ0v) is 12.8. The van der Waals surface area contributed by atoms with Crippen molar-refractivity contribution in [1.82, 2.24) is 9.88 Å². The second-order valence-corrected chi connectivity index (χ2v) is 5.75. The second kappa shape index (κ2) is 6.26. The van der Waals surface area contributed by atoms with E-state index >= 15 is 0 Å². The first-order valence-electron chi connectivity index (χ1n) is 7.54. The zero-order chi connectivity index (χ0) is 16.4. The highest BCUT2D eigenvalue weighted by Crippen LogP contribution is 2.29. The van der Waals surface area contributed by atoms with E-state index in [1.54, 1.807) is 19.3 Å². The predicted molar refractivity (Wildman–Crippen MR) is 87.3 cm³/mol. The van der Waals surface area contributed by atoms with Crippen molar-refractivity contribution in [2.45, 2.75) is 25.0 Å². The first-order valence-corrected chi connectivity index (χ1v) is 7.54. The van der Waals surface area contributed by atoms with Crippen LogP contribution in [0.4, 0.5) is 10.5 Å². The molecular weight excluding hydrogens is 294 g/mol. The van der Waals surface area contributed by atoms with Crippen molar-refractivity contribution in [2.24, 2.45) is 7.05 Å². The molecule has 120 valence electrons. The van der Waals surface area contributed by atoms with Gasteiger partial charge in [-0.25, -0.2) is 4.79 Å². The number of nitrogens with zero attached hydrogens (tertiary/aromatic N) is 1. The topological polar surface area (TPSA) is 83.4 Å². The van der Waals surface area contributed by atoms with Gasteiger partial charge in [-0.2, -0.15) is 0 Å². The molecule has 2 atom stereocenters. The van der Waals surface area contributed by atoms with E-state index in [1.165, 1.54) is 10.6 Å². The number of carbonyl (C=O) groups excluding carboxylic acids is 1. The van der Waals surface area contributed by atoms with Crippen LogP contribution in [-0.2, 0) is 13.5 Å². The van der Waals surface area contributed by atoms with Crippen molar-refractivity contribution in [3.63, 3.8) is 0 Å². The van der Waals surface area contributed by atoms with Crippen LogP contribution >= 0.6 is 0 Å². The number of aryl methyl sites for hydroxylation is 2. The third-order valence-electron chi connectivity index (χ3n) is 4.13. The number of pyridine rings is 1. The van der Waals surface area contributed by atoms with Gasteiger partial charge in [0.2, 0.25) is 0 Å². The molecule has 1 aromatic heterocycles. The van der Waals surface area contributed by atoms with E-state index in [2.05, 4.69) is 10.6 Å². The molecule has 0 saturated heterocycles. The van der Waals surface area contributed by atoms with E-state index < -0.39 is 18.2 Å². The number of anilines is 1. The molecule has 2 aromatic rings. The molecule has 2 amide bonds. The third-order valence-corrected chi connectivity index (χ3v) is 4.13. The van der Waals surface area contributed by atoms with E-state index in [4.69, 9.17) is 0 Å². The van der Waals surface area contributed by atoms with Crippen LogP contribution in [-0.4, -0.2) is 21.8 Å². The summed E-state index contributed by atoms with van der Waals surface area (Å²) < 4.78 is 1.42. The molecule has 6 heteroatoms. The van der Waals surface area contributed by atoms with E-state index in [9.17, 15) is 14.7 Å². The molecule has 1 aromatic carbocycles. The third kappa shape index (κ3) is 3.27. The first-order chi connectivity index (χ1) is 11.0. The Labute approximate surface area is 133 Å². The van der Waals surface area contributed by atoms with Gasteiger partial charge in [0.1, 0.15) is 0 Å². The Morgan fingerprint density at radius 1 is 1.30 bits per heavy atom. The first kappa shape index (κ1) is 15.3. The number of amides is 2. The van der Waals surface area contributed by atoms with Crippen LogP contribution in [0.1, 0.15) is 23.6 Å². The summed E-state index contributed by atoms with van der Waals surface area (Å²) in [6, 6.07) is 9.87. The molecule has 0 unspecified atom stereocenters. The molecule has 1 aliphatic rings. The van der Waals surface area contributed by atoms with Gasteiger partial charge in [0.15, 0.2) is 0 Å². The van der Waals surface area contributed by atoms with Gasteiger partial charge >= 0.3 is 6.03 Å². The highest BCUT2D eigenvalue weighted by atomic mass is 16.3. The van der Waals surface area contributed by atoms with Gasteiger partial charge in [-0.15, -0.1) is 0 Å². The maximum Gasteiger partial charge on any atom is 0.319 e. The summed E-state index contributed by atoms with van der Waals surface area (Å²) in [5.41, 5.74) is 2.29. The summed E-state index contributed by atoms with van der Waals surface area (Å²) in [4.78, 5) is 23.8. The number of aliphatic hydroxyl groups is 1. The van der Waals surface area contributed by atoms with Crippen LogP contribution in [0, 0.1) is 0 Å². The predicted octanol–water partition coefficient (Wildman–Crippen LogP) is 1.56. The maximum absolute atomic E-state index is 12.2. The number of urea groups is 1. The molecule has 0 spiro atoms. The van der Waals surface area contributed by atoms with Gasteiger partial charge in [-0.3, -0.25) is 4.79 Å². The minimum absolute atomic E-state index is 0.203. The van der Waals surface area contributed by atoms with Crippen molar-refractivity contribution in [3.05, 3.63) is 64.1 Å². The van der Waals surface area contributed by atoms with Crippen LogP contribution in [0.2, 0.25) is 0 Å². The molecule has 0 radical (unpaired) electrons. The van der Waals surface area contributed by atoms with Gasteiger partial charge in [-0.05, 0) is 30.0 Å². The van der Waals surface area contributed by atoms with Crippen molar-refractivity contribution in [2.75, 3.05) is 5.32 Å². The number of fused-ring (bicyclic) bond motifs is 1. The minimum atomic E-state index is -0.626. The van der Waals surface area contributed by atoms with Crippen molar-refractivity contribution < 1.29 is 9.90 Å². The Hall–Kier alpha value is -2.60. The lowest BCUT2D eigenvalue weighted by Crippen LogP contribution is -2.41. The SMILES string of the molecule is Cn1ccc(NC(=O)N[C@H]2c3ccccc3CC[C@H]2O)cc1=O. The highest BCUT2D eigenvalue weighted by molar-refractivity contribution is 5.89. The number of hydrogen-bond donors (Lipinski definition) is 3. The molecule has 1 aliphatic carbocycles. The van der Waals surface area contributed by atoms with Crippen LogP contribution in [0.3, 0.4) is 0 Å². The standard InChI is InChI=1S/C17H19N3O3/c1-20-9-8-12(10-15(20)22)18-17(23)19-16-13-5-3-2-4-11(13)6-7-14(16)21/h2-5,8-10,14,16,21H,6-7H2,1H3,(H2,18,19,23)/t14-,16+/m1/s1. The zero-order valence-electron chi connectivity index (χ0n) is 12.8. The highest BCUT2D eigenvalue weighted by Gasteiger charge is 2.29. The summed E-state index contributed by atoms with van der Waals surface area (Å²) >= 11 is 0. The van der Waals surface area contributed by atoms with Gasteiger partial charge in [0.25, 0.3) is 5.56 Å². The Balaban J connectivity index is 1.74. The second-order valence-electron chi connectivity index (χ2n) is 5.75. The van der Waals surface area contributed by atoms with Gasteiger partial charge in [0, 0.05) is 25.0 Å². The largest absolute Gasteiger partial charge is 0.391 e. The number of benzene rings is 1. The maximum atomic E-state index is 12.2. The summed E-state index contributed by atoms with van der Waals surface area (Å²) in [6.07, 6.45) is 2.36. The number of nitrogens with one attached hydrogen (secondary N) is 2. The Kier molecular flexibility index (Phi) is 4.16. The number of rotatable bonds is 2. The van der Waals surface area contributed by atoms with Crippen molar-refractivity contribution in [3.8, 4) is 0 Å². The molecule has 6 nitrogen and oxygen atoms in total. The van der Waals surface area contributed by atoms with Gasteiger partial charge < -0.3 is 20.3 Å². The van der Waals surface area contributed by atoms with Crippen LogP contribution in [0.25, 0.3) is 0 Å². The van der Waals surface area contributed by atoms with Gasteiger partial charge in [0.05, 0.1) is 12.1 Å². The van der Waals surface area contributed by atoms with E-state index in [1.807, 2.05) is 24.3 Å². The number of carbonyl (C=O) groups is 1. The molecular formula is C17H19N3O3. The fourth-order valence-corrected chi connectivity index (χ4v) is 2.85. The van der Waals surface area contributed by atoms with Gasteiger partial charge in [-0.1, -0.05) is 24.3 Å². The van der Waals surface area contributed by atoms with Crippen LogP contribution < -0.4 is 16.2 Å². The van der Waals surface area contributed by atoms with E-state index in [-0.39, 0.29) is 5.56 Å². The molecule has 0 saturated carbocycles. The molecule has 0 aliphatic heterocycles. The molecule has 1 heterocycles. The summed E-state index contributed by atoms with van der Waals surface area (Å²) in [5.74, 6) is 0. The lowest BCUT2D eigenvalue weighted by molar-refractivity contribution is 0.115. The smallest absolute Gasteiger partial charge is 0.319 e. The molecule has 0 bridgehead atoms. The molecule has 23 heavy (non-hydrogen) atoms. The molecule has 3 rings (SSSR count). The van der Waals surface area contributed by atoms with Crippen LogP contribution in [0.5, 0.6) is 0 Å². The monoisotopic (exact) mass is 313 g/mol. The van der Waals surface area contributed by atoms with E-state index in [0.717, 1.165) is 17.5 Å². The minimum Gasteiger partial charge on any atom is -0.391 e. The average Bonchev–Trinajstić information content (AvgIpc) is 2.54. The van der Waals surface area contributed by atoms with Crippen LogP contribution in [0.15, 0.2) is 47.4 Å². The molecule has 0 fully saturated rings. The average molecular weight is 313 g/mol. The fourth-order valence-electron chi connectivity index (χ4n) is 2.85. The normalized spacial score (nSPS) is 19.7. The van der Waals surface area contributed by atoms with Crippen molar-refractivity contribution >= 4 is 11.7 Å². The summed E-state index contributed by atoms with van der Waals surface area (Å²) in [6.45, 7) is 0. The van der Waals surface area contributed by atoms with E-state index in [0.29, 0.717) is 12.1 Å². The Morgan fingerprint density at radius 3 is 2.87 bits per heavy atom. The molecule has 3 N–H and O–H groups in total. The Bertz CT molecular complexity index is 785. The number of aliphatic hydroxyl groups excluding tert-OH is 1. The summed E-state index contributed by atoms with van der Waals surface area (Å²) in [5, 5.41) is 15.6. The summed E-state index contributed by atoms with van der Waals surface area (Å²) in [7, 11) is 1.64. The lowest BCUT2D eigenvalue weighted by Gasteiger charge is -2.31. The number of aromatic nitrogens is 1. The lowest BCUT2D eigenvalue weighted by atomic mass is 9.86. The number of hydrogen-bond acceptors (Lipinski definition) is 3. The fraction of sp³-hybridized carbons (Fsp3) is 0.294. The van der Waals surface area contributed by atoms with Crippen molar-refractivity contribution in [1.29, 1.82) is 0 Å².